The number of methoxy groups -OCH3 is 2. The van der Waals surface area contributed by atoms with Crippen LogP contribution in [0.4, 0.5) is 11.6 Å². The second-order valence-corrected chi connectivity index (χ2v) is 10.1. The molecule has 1 aliphatic rings. The maximum absolute atomic E-state index is 13.9. The lowest BCUT2D eigenvalue weighted by Crippen LogP contribution is -2.31. The quantitative estimate of drug-likeness (QED) is 0.209. The number of carbonyl (C=O) groups is 1. The summed E-state index contributed by atoms with van der Waals surface area (Å²) in [4.78, 5) is 18.2. The summed E-state index contributed by atoms with van der Waals surface area (Å²) in [7, 11) is 3.09. The number of nitrogens with zero attached hydrogens (tertiary/aromatic N) is 3. The Bertz CT molecular complexity index is 1660. The summed E-state index contributed by atoms with van der Waals surface area (Å²) in [6.07, 6.45) is 1.44. The Morgan fingerprint density at radius 1 is 0.976 bits per heavy atom. The van der Waals surface area contributed by atoms with E-state index in [-0.39, 0.29) is 12.5 Å². The van der Waals surface area contributed by atoms with Crippen molar-refractivity contribution in [3.05, 3.63) is 93.4 Å². The predicted octanol–water partition coefficient (Wildman–Crippen LogP) is 6.51. The topological polar surface area (TPSA) is 109 Å². The molecule has 0 bridgehead atoms. The molecule has 0 aliphatic carbocycles. The Hall–Kier alpha value is -4.41. The molecular formula is C30H29Cl2N5O5. The van der Waals surface area contributed by atoms with E-state index in [0.29, 0.717) is 62.6 Å². The summed E-state index contributed by atoms with van der Waals surface area (Å²) >= 11 is 12.2. The molecule has 0 unspecified atom stereocenters. The van der Waals surface area contributed by atoms with Crippen molar-refractivity contribution in [2.24, 2.45) is 0 Å². The van der Waals surface area contributed by atoms with Crippen LogP contribution in [0.2, 0.25) is 10.0 Å². The summed E-state index contributed by atoms with van der Waals surface area (Å²) in [5.74, 6) is 2.29. The predicted molar refractivity (Wildman–Crippen MR) is 161 cm³/mol. The molecule has 1 aromatic heterocycles. The molecule has 0 spiro atoms. The minimum atomic E-state index is -0.615. The maximum Gasteiger partial charge on any atom is 0.255 e. The third-order valence-electron chi connectivity index (χ3n) is 6.66. The minimum Gasteiger partial charge on any atom is -0.497 e. The first kappa shape index (κ1) is 29.1. The number of ether oxygens (including phenoxy) is 4. The average molecular weight is 610 g/mol. The molecule has 3 aromatic carbocycles. The van der Waals surface area contributed by atoms with Crippen molar-refractivity contribution in [2.75, 3.05) is 31.5 Å². The van der Waals surface area contributed by atoms with E-state index in [4.69, 9.17) is 42.1 Å². The SMILES string of the molecule is CCOc1cc([C@H]2C(C(=O)Nc3ccc(OC)cc3OC)=C(C)Nc3ncnn32)ccc1OCc1ccc(Cl)c(Cl)c1. The van der Waals surface area contributed by atoms with Crippen molar-refractivity contribution in [3.63, 3.8) is 0 Å². The van der Waals surface area contributed by atoms with Gasteiger partial charge in [0.25, 0.3) is 5.91 Å². The number of halogens is 2. The smallest absolute Gasteiger partial charge is 0.255 e. The molecule has 2 N–H and O–H groups in total. The highest BCUT2D eigenvalue weighted by atomic mass is 35.5. The number of amides is 1. The van der Waals surface area contributed by atoms with E-state index in [1.165, 1.54) is 13.4 Å². The number of rotatable bonds is 10. The van der Waals surface area contributed by atoms with Gasteiger partial charge in [0.2, 0.25) is 5.95 Å². The molecule has 0 saturated heterocycles. The Kier molecular flexibility index (Phi) is 8.75. The molecule has 0 fully saturated rings. The molecule has 4 aromatic rings. The molecule has 1 atom stereocenters. The number of fused-ring (bicyclic) bond motifs is 1. The van der Waals surface area contributed by atoms with Crippen LogP contribution in [0.1, 0.15) is 31.0 Å². The number of carbonyl (C=O) groups excluding carboxylic acids is 1. The molecule has 1 amide bonds. The number of nitrogens with one attached hydrogen (secondary N) is 2. The van der Waals surface area contributed by atoms with E-state index in [2.05, 4.69) is 20.7 Å². The fraction of sp³-hybridized carbons (Fsp3) is 0.233. The van der Waals surface area contributed by atoms with Crippen molar-refractivity contribution < 1.29 is 23.7 Å². The van der Waals surface area contributed by atoms with E-state index in [0.717, 1.165) is 11.1 Å². The molecule has 12 heteroatoms. The average Bonchev–Trinajstić information content (AvgIpc) is 3.45. The van der Waals surface area contributed by atoms with Gasteiger partial charge in [-0.3, -0.25) is 4.79 Å². The summed E-state index contributed by atoms with van der Waals surface area (Å²) < 4.78 is 24.5. The Balaban J connectivity index is 1.48. The molecular weight excluding hydrogens is 581 g/mol. The Labute approximate surface area is 253 Å². The Morgan fingerprint density at radius 2 is 1.81 bits per heavy atom. The van der Waals surface area contributed by atoms with Gasteiger partial charge in [0, 0.05) is 11.8 Å². The van der Waals surface area contributed by atoms with Crippen LogP contribution in [-0.4, -0.2) is 41.5 Å². The highest BCUT2D eigenvalue weighted by molar-refractivity contribution is 6.42. The lowest BCUT2D eigenvalue weighted by Gasteiger charge is -2.29. The zero-order chi connectivity index (χ0) is 29.8. The van der Waals surface area contributed by atoms with Gasteiger partial charge < -0.3 is 29.6 Å². The van der Waals surface area contributed by atoms with Gasteiger partial charge in [-0.2, -0.15) is 10.1 Å². The van der Waals surface area contributed by atoms with Crippen molar-refractivity contribution in [2.45, 2.75) is 26.5 Å². The van der Waals surface area contributed by atoms with Gasteiger partial charge >= 0.3 is 0 Å². The normalized spacial score (nSPS) is 14.1. The third-order valence-corrected chi connectivity index (χ3v) is 7.40. The highest BCUT2D eigenvalue weighted by Crippen LogP contribution is 2.40. The first-order valence-corrected chi connectivity index (χ1v) is 13.8. The monoisotopic (exact) mass is 609 g/mol. The summed E-state index contributed by atoms with van der Waals surface area (Å²) in [6, 6.07) is 15.4. The molecule has 42 heavy (non-hydrogen) atoms. The van der Waals surface area contributed by atoms with Gasteiger partial charge in [0.1, 0.15) is 30.5 Å². The van der Waals surface area contributed by atoms with Crippen molar-refractivity contribution in [1.82, 2.24) is 14.8 Å². The van der Waals surface area contributed by atoms with Gasteiger partial charge in [-0.25, -0.2) is 4.68 Å². The van der Waals surface area contributed by atoms with Crippen LogP contribution >= 0.6 is 23.2 Å². The van der Waals surface area contributed by atoms with Gasteiger partial charge in [0.15, 0.2) is 11.5 Å². The standard InChI is InChI=1S/C30H29Cl2N5O5/c1-5-41-26-13-19(7-11-24(26)42-15-18-6-9-21(31)22(32)12-18)28-27(17(2)35-30-33-16-34-37(28)30)29(38)36-23-10-8-20(39-3)14-25(23)40-4/h6-14,16,28H,5,15H2,1-4H3,(H,36,38)(H,33,34,35)/t28-/m0/s1. The number of hydrogen-bond acceptors (Lipinski definition) is 8. The van der Waals surface area contributed by atoms with E-state index >= 15 is 0 Å². The summed E-state index contributed by atoms with van der Waals surface area (Å²) in [6.45, 7) is 4.38. The first-order valence-electron chi connectivity index (χ1n) is 13.1. The van der Waals surface area contributed by atoms with E-state index in [1.54, 1.807) is 42.1 Å². The Morgan fingerprint density at radius 3 is 2.55 bits per heavy atom. The highest BCUT2D eigenvalue weighted by Gasteiger charge is 2.34. The van der Waals surface area contributed by atoms with Crippen molar-refractivity contribution >= 4 is 40.7 Å². The zero-order valence-corrected chi connectivity index (χ0v) is 24.9. The molecule has 10 nitrogen and oxygen atoms in total. The van der Waals surface area contributed by atoms with Crippen molar-refractivity contribution in [1.29, 1.82) is 0 Å². The summed E-state index contributed by atoms with van der Waals surface area (Å²) in [5, 5.41) is 11.5. The van der Waals surface area contributed by atoms with Crippen molar-refractivity contribution in [3.8, 4) is 23.0 Å². The number of benzene rings is 3. The van der Waals surface area contributed by atoms with E-state index in [9.17, 15) is 4.79 Å². The van der Waals surface area contributed by atoms with Gasteiger partial charge in [0.05, 0.1) is 42.1 Å². The second kappa shape index (κ2) is 12.6. The van der Waals surface area contributed by atoms with Gasteiger partial charge in [-0.15, -0.1) is 0 Å². The largest absolute Gasteiger partial charge is 0.497 e. The van der Waals surface area contributed by atoms with Gasteiger partial charge in [-0.05, 0) is 61.4 Å². The van der Waals surface area contributed by atoms with Crippen LogP contribution in [0.5, 0.6) is 23.0 Å². The number of allylic oxidation sites excluding steroid dienone is 1. The number of aromatic nitrogens is 3. The lowest BCUT2D eigenvalue weighted by molar-refractivity contribution is -0.113. The van der Waals surface area contributed by atoms with Gasteiger partial charge in [-0.1, -0.05) is 35.3 Å². The van der Waals surface area contributed by atoms with Crippen LogP contribution in [0.25, 0.3) is 0 Å². The minimum absolute atomic E-state index is 0.257. The third kappa shape index (κ3) is 5.95. The molecule has 5 rings (SSSR count). The fourth-order valence-electron chi connectivity index (χ4n) is 4.66. The van der Waals surface area contributed by atoms with Crippen LogP contribution in [0.15, 0.2) is 72.2 Å². The maximum atomic E-state index is 13.9. The van der Waals surface area contributed by atoms with Crippen LogP contribution in [-0.2, 0) is 11.4 Å². The second-order valence-electron chi connectivity index (χ2n) is 9.29. The first-order chi connectivity index (χ1) is 20.3. The van der Waals surface area contributed by atoms with Crippen LogP contribution in [0, 0.1) is 0 Å². The van der Waals surface area contributed by atoms with E-state index in [1.807, 2.05) is 38.1 Å². The molecule has 0 saturated carbocycles. The van der Waals surface area contributed by atoms with Crippen LogP contribution in [0.3, 0.4) is 0 Å². The number of anilines is 2. The molecule has 0 radical (unpaired) electrons. The van der Waals surface area contributed by atoms with E-state index < -0.39 is 6.04 Å². The molecule has 2 heterocycles. The lowest BCUT2D eigenvalue weighted by atomic mass is 9.94. The summed E-state index contributed by atoms with van der Waals surface area (Å²) in [5.41, 5.74) is 3.17. The number of hydrogen-bond donors (Lipinski definition) is 2. The van der Waals surface area contributed by atoms with Crippen LogP contribution < -0.4 is 29.6 Å². The fourth-order valence-corrected chi connectivity index (χ4v) is 4.98. The molecule has 218 valence electrons. The zero-order valence-electron chi connectivity index (χ0n) is 23.4. The molecule has 1 aliphatic heterocycles.